The summed E-state index contributed by atoms with van der Waals surface area (Å²) in [6, 6.07) is 5.28. The first-order valence-corrected chi connectivity index (χ1v) is 6.97. The maximum atomic E-state index is 6.13. The molecule has 19 heavy (non-hydrogen) atoms. The Labute approximate surface area is 123 Å². The van der Waals surface area contributed by atoms with Crippen LogP contribution in [0.15, 0.2) is 18.2 Å². The van der Waals surface area contributed by atoms with Gasteiger partial charge in [0.25, 0.3) is 0 Å². The van der Waals surface area contributed by atoms with E-state index in [1.54, 1.807) is 12.1 Å². The number of hydrogen-bond donors (Lipinski definition) is 0. The molecule has 5 heteroatoms. The van der Waals surface area contributed by atoms with Gasteiger partial charge in [-0.15, -0.1) is 0 Å². The number of halogens is 2. The zero-order valence-electron chi connectivity index (χ0n) is 11.3. The SMILES string of the molecule is CC(C)(C)OC[C@@H]1CO[C@H](c2ccc(Cl)cc2Cl)O1. The lowest BCUT2D eigenvalue weighted by Crippen LogP contribution is -2.27. The Morgan fingerprint density at radius 1 is 1.32 bits per heavy atom. The van der Waals surface area contributed by atoms with E-state index < -0.39 is 6.29 Å². The fraction of sp³-hybridized carbons (Fsp3) is 0.571. The van der Waals surface area contributed by atoms with Crippen molar-refractivity contribution in [3.8, 4) is 0 Å². The standard InChI is InChI=1S/C14H18Cl2O3/c1-14(2,3)18-8-10-7-17-13(19-10)11-5-4-9(15)6-12(11)16/h4-6,10,13H,7-8H2,1-3H3/t10-,13-/m0/s1. The summed E-state index contributed by atoms with van der Waals surface area (Å²) in [5, 5.41) is 1.15. The van der Waals surface area contributed by atoms with Crippen molar-refractivity contribution in [3.05, 3.63) is 33.8 Å². The van der Waals surface area contributed by atoms with E-state index in [0.29, 0.717) is 23.3 Å². The summed E-state index contributed by atoms with van der Waals surface area (Å²) in [4.78, 5) is 0. The van der Waals surface area contributed by atoms with Crippen molar-refractivity contribution in [1.82, 2.24) is 0 Å². The average molecular weight is 305 g/mol. The summed E-state index contributed by atoms with van der Waals surface area (Å²) < 4.78 is 17.1. The van der Waals surface area contributed by atoms with E-state index in [-0.39, 0.29) is 11.7 Å². The van der Waals surface area contributed by atoms with Crippen LogP contribution in [0, 0.1) is 0 Å². The van der Waals surface area contributed by atoms with Crippen LogP contribution in [0.2, 0.25) is 10.0 Å². The molecule has 1 saturated heterocycles. The van der Waals surface area contributed by atoms with Crippen LogP contribution in [0.25, 0.3) is 0 Å². The van der Waals surface area contributed by atoms with Crippen LogP contribution in [0.4, 0.5) is 0 Å². The lowest BCUT2D eigenvalue weighted by Gasteiger charge is -2.21. The van der Waals surface area contributed by atoms with Crippen molar-refractivity contribution in [3.63, 3.8) is 0 Å². The van der Waals surface area contributed by atoms with Crippen LogP contribution < -0.4 is 0 Å². The third-order valence-corrected chi connectivity index (χ3v) is 3.23. The number of ether oxygens (including phenoxy) is 3. The van der Waals surface area contributed by atoms with Gasteiger partial charge in [-0.1, -0.05) is 29.3 Å². The molecule has 0 saturated carbocycles. The first-order valence-electron chi connectivity index (χ1n) is 6.21. The van der Waals surface area contributed by atoms with Crippen LogP contribution in [-0.2, 0) is 14.2 Å². The fourth-order valence-electron chi connectivity index (χ4n) is 1.73. The molecule has 0 amide bonds. The minimum Gasteiger partial charge on any atom is -0.373 e. The van der Waals surface area contributed by atoms with Crippen LogP contribution in [0.5, 0.6) is 0 Å². The highest BCUT2D eigenvalue weighted by molar-refractivity contribution is 6.35. The zero-order chi connectivity index (χ0) is 14.0. The third kappa shape index (κ3) is 4.33. The Morgan fingerprint density at radius 2 is 2.05 bits per heavy atom. The van der Waals surface area contributed by atoms with Gasteiger partial charge >= 0.3 is 0 Å². The van der Waals surface area contributed by atoms with Gasteiger partial charge in [-0.3, -0.25) is 0 Å². The fourth-order valence-corrected chi connectivity index (χ4v) is 2.23. The summed E-state index contributed by atoms with van der Waals surface area (Å²) in [7, 11) is 0. The van der Waals surface area contributed by atoms with E-state index in [0.717, 1.165) is 5.56 Å². The van der Waals surface area contributed by atoms with Crippen LogP contribution in [0.3, 0.4) is 0 Å². The molecule has 1 aliphatic heterocycles. The van der Waals surface area contributed by atoms with Gasteiger partial charge in [-0.25, -0.2) is 0 Å². The van der Waals surface area contributed by atoms with Crippen LogP contribution in [0.1, 0.15) is 32.6 Å². The minimum absolute atomic E-state index is 0.0732. The second kappa shape index (κ2) is 5.98. The van der Waals surface area contributed by atoms with Gasteiger partial charge in [0.15, 0.2) is 6.29 Å². The monoisotopic (exact) mass is 304 g/mol. The maximum absolute atomic E-state index is 6.13. The second-order valence-corrected chi connectivity index (χ2v) is 6.36. The topological polar surface area (TPSA) is 27.7 Å². The first kappa shape index (κ1) is 15.1. The van der Waals surface area contributed by atoms with Gasteiger partial charge < -0.3 is 14.2 Å². The van der Waals surface area contributed by atoms with Crippen molar-refractivity contribution in [2.45, 2.75) is 38.8 Å². The largest absolute Gasteiger partial charge is 0.373 e. The molecule has 1 fully saturated rings. The Balaban J connectivity index is 1.94. The molecule has 0 spiro atoms. The summed E-state index contributed by atoms with van der Waals surface area (Å²) in [6.07, 6.45) is -0.519. The molecular formula is C14H18Cl2O3. The van der Waals surface area contributed by atoms with E-state index >= 15 is 0 Å². The lowest BCUT2D eigenvalue weighted by atomic mass is 10.2. The van der Waals surface area contributed by atoms with Crippen molar-refractivity contribution in [2.24, 2.45) is 0 Å². The van der Waals surface area contributed by atoms with Gasteiger partial charge in [-0.2, -0.15) is 0 Å². The molecule has 106 valence electrons. The Morgan fingerprint density at radius 3 is 2.68 bits per heavy atom. The van der Waals surface area contributed by atoms with Gasteiger partial charge in [0.1, 0.15) is 6.10 Å². The molecule has 2 atom stereocenters. The summed E-state index contributed by atoms with van der Waals surface area (Å²) in [5.74, 6) is 0. The predicted octanol–water partition coefficient (Wildman–Crippen LogP) is 4.22. The highest BCUT2D eigenvalue weighted by atomic mass is 35.5. The molecule has 0 aliphatic carbocycles. The van der Waals surface area contributed by atoms with Crippen molar-refractivity contribution in [1.29, 1.82) is 0 Å². The molecule has 1 aliphatic rings. The minimum atomic E-state index is -0.446. The molecular weight excluding hydrogens is 287 g/mol. The summed E-state index contributed by atoms with van der Waals surface area (Å²) in [6.45, 7) is 7.04. The Hall–Kier alpha value is -0.320. The number of benzene rings is 1. The van der Waals surface area contributed by atoms with E-state index in [1.165, 1.54) is 0 Å². The smallest absolute Gasteiger partial charge is 0.185 e. The van der Waals surface area contributed by atoms with E-state index in [2.05, 4.69) is 0 Å². The molecule has 0 N–H and O–H groups in total. The second-order valence-electron chi connectivity index (χ2n) is 5.51. The van der Waals surface area contributed by atoms with Crippen molar-refractivity contribution in [2.75, 3.05) is 13.2 Å². The predicted molar refractivity (Wildman–Crippen MR) is 75.7 cm³/mol. The molecule has 0 radical (unpaired) electrons. The van der Waals surface area contributed by atoms with Gasteiger partial charge in [-0.05, 0) is 32.9 Å². The van der Waals surface area contributed by atoms with Gasteiger partial charge in [0.05, 0.1) is 23.8 Å². The third-order valence-electron chi connectivity index (χ3n) is 2.67. The summed E-state index contributed by atoms with van der Waals surface area (Å²) in [5.41, 5.74) is 0.614. The van der Waals surface area contributed by atoms with Gasteiger partial charge in [0.2, 0.25) is 0 Å². The van der Waals surface area contributed by atoms with Crippen molar-refractivity contribution < 1.29 is 14.2 Å². The Kier molecular flexibility index (Phi) is 4.75. The summed E-state index contributed by atoms with van der Waals surface area (Å²) >= 11 is 12.0. The zero-order valence-corrected chi connectivity index (χ0v) is 12.8. The van der Waals surface area contributed by atoms with Crippen LogP contribution in [-0.4, -0.2) is 24.9 Å². The molecule has 0 bridgehead atoms. The highest BCUT2D eigenvalue weighted by Gasteiger charge is 2.30. The van der Waals surface area contributed by atoms with E-state index in [4.69, 9.17) is 37.4 Å². The molecule has 1 heterocycles. The molecule has 0 unspecified atom stereocenters. The molecule has 1 aromatic carbocycles. The molecule has 1 aromatic rings. The van der Waals surface area contributed by atoms with Crippen molar-refractivity contribution >= 4 is 23.2 Å². The maximum Gasteiger partial charge on any atom is 0.185 e. The normalized spacial score (nSPS) is 23.8. The quantitative estimate of drug-likeness (QED) is 0.836. The number of rotatable bonds is 3. The Bertz CT molecular complexity index is 443. The van der Waals surface area contributed by atoms with E-state index in [9.17, 15) is 0 Å². The van der Waals surface area contributed by atoms with Crippen LogP contribution >= 0.6 is 23.2 Å². The highest BCUT2D eigenvalue weighted by Crippen LogP contribution is 2.33. The molecule has 3 nitrogen and oxygen atoms in total. The number of hydrogen-bond acceptors (Lipinski definition) is 3. The van der Waals surface area contributed by atoms with Gasteiger partial charge in [0, 0.05) is 10.6 Å². The first-order chi connectivity index (χ1) is 8.85. The molecule has 0 aromatic heterocycles. The molecule has 2 rings (SSSR count). The lowest BCUT2D eigenvalue weighted by molar-refractivity contribution is -0.0932. The van der Waals surface area contributed by atoms with E-state index in [1.807, 2.05) is 26.8 Å². The average Bonchev–Trinajstić information content (AvgIpc) is 2.74.